The molecule has 1 aromatic heterocycles. The largest absolute Gasteiger partial charge is 0.508 e. The molecular formula is C29H33F3N4O. The van der Waals surface area contributed by atoms with Gasteiger partial charge in [-0.1, -0.05) is 25.0 Å². The third-order valence-electron chi connectivity index (χ3n) is 7.49. The lowest BCUT2D eigenvalue weighted by atomic mass is 9.89. The maximum atomic E-state index is 13.0. The summed E-state index contributed by atoms with van der Waals surface area (Å²) in [6, 6.07) is 17.5. The number of aromatic nitrogens is 1. The highest BCUT2D eigenvalue weighted by atomic mass is 19.4. The van der Waals surface area contributed by atoms with Gasteiger partial charge in [0.1, 0.15) is 11.6 Å². The predicted octanol–water partition coefficient (Wildman–Crippen LogP) is 6.45. The molecule has 196 valence electrons. The van der Waals surface area contributed by atoms with Gasteiger partial charge in [-0.25, -0.2) is 4.98 Å². The van der Waals surface area contributed by atoms with Crippen LogP contribution in [-0.2, 0) is 6.18 Å². The summed E-state index contributed by atoms with van der Waals surface area (Å²) < 4.78 is 38.9. The fourth-order valence-corrected chi connectivity index (χ4v) is 5.55. The molecule has 2 heterocycles. The molecule has 0 spiro atoms. The first-order chi connectivity index (χ1) is 17.8. The number of hydrogen-bond donors (Lipinski definition) is 3. The highest BCUT2D eigenvalue weighted by Crippen LogP contribution is 2.32. The number of nitrogens with zero attached hydrogens (tertiary/aromatic N) is 2. The zero-order valence-corrected chi connectivity index (χ0v) is 20.7. The van der Waals surface area contributed by atoms with Gasteiger partial charge < -0.3 is 20.6 Å². The summed E-state index contributed by atoms with van der Waals surface area (Å²) in [6.45, 7) is 1.63. The molecule has 2 fully saturated rings. The number of benzene rings is 2. The molecule has 2 aromatic carbocycles. The van der Waals surface area contributed by atoms with Gasteiger partial charge in [0.25, 0.3) is 0 Å². The fourth-order valence-electron chi connectivity index (χ4n) is 5.55. The molecule has 0 amide bonds. The average molecular weight is 511 g/mol. The first-order valence-electron chi connectivity index (χ1n) is 13.1. The highest BCUT2D eigenvalue weighted by Gasteiger charge is 2.32. The van der Waals surface area contributed by atoms with Gasteiger partial charge >= 0.3 is 6.18 Å². The minimum Gasteiger partial charge on any atom is -0.508 e. The molecule has 1 saturated heterocycles. The first-order valence-corrected chi connectivity index (χ1v) is 13.1. The number of hydrogen-bond acceptors (Lipinski definition) is 5. The van der Waals surface area contributed by atoms with Crippen molar-refractivity contribution < 1.29 is 18.3 Å². The Balaban J connectivity index is 1.23. The second-order valence-corrected chi connectivity index (χ2v) is 10.1. The van der Waals surface area contributed by atoms with E-state index < -0.39 is 11.7 Å². The lowest BCUT2D eigenvalue weighted by molar-refractivity contribution is -0.137. The molecule has 5 nitrogen and oxygen atoms in total. The number of phenols is 1. The summed E-state index contributed by atoms with van der Waals surface area (Å²) >= 11 is 0. The normalized spacial score (nSPS) is 22.6. The number of alkyl halides is 3. The van der Waals surface area contributed by atoms with Crippen LogP contribution in [0, 0.1) is 0 Å². The summed E-state index contributed by atoms with van der Waals surface area (Å²) in [5.74, 6) is 1.08. The minimum atomic E-state index is -4.31. The van der Waals surface area contributed by atoms with Crippen LogP contribution in [0.2, 0.25) is 0 Å². The van der Waals surface area contributed by atoms with Crippen molar-refractivity contribution in [3.8, 4) is 16.9 Å². The molecular weight excluding hydrogens is 477 g/mol. The molecule has 8 heteroatoms. The molecule has 1 saturated carbocycles. The molecule has 3 aromatic rings. The van der Waals surface area contributed by atoms with Gasteiger partial charge in [0.05, 0.1) is 5.56 Å². The Morgan fingerprint density at radius 1 is 0.838 bits per heavy atom. The second kappa shape index (κ2) is 11.0. The number of anilines is 2. The van der Waals surface area contributed by atoms with Crippen molar-refractivity contribution >= 4 is 11.5 Å². The van der Waals surface area contributed by atoms with Crippen LogP contribution >= 0.6 is 0 Å². The van der Waals surface area contributed by atoms with E-state index in [0.29, 0.717) is 6.04 Å². The Bertz CT molecular complexity index is 1170. The van der Waals surface area contributed by atoms with Crippen molar-refractivity contribution in [2.24, 2.45) is 0 Å². The van der Waals surface area contributed by atoms with Crippen molar-refractivity contribution in [3.05, 3.63) is 72.4 Å². The number of nitrogens with one attached hydrogen (secondary N) is 2. The molecule has 3 N–H and O–H groups in total. The van der Waals surface area contributed by atoms with Gasteiger partial charge in [0.2, 0.25) is 0 Å². The molecule has 37 heavy (non-hydrogen) atoms. The zero-order chi connectivity index (χ0) is 25.8. The summed E-state index contributed by atoms with van der Waals surface area (Å²) in [6.07, 6.45) is 4.01. The molecule has 3 atom stereocenters. The molecule has 0 bridgehead atoms. The monoisotopic (exact) mass is 510 g/mol. The van der Waals surface area contributed by atoms with Crippen LogP contribution in [0.15, 0.2) is 66.9 Å². The number of phenolic OH excluding ortho intramolecular Hbond substituents is 1. The average Bonchev–Trinajstić information content (AvgIpc) is 2.90. The second-order valence-electron chi connectivity index (χ2n) is 10.1. The van der Waals surface area contributed by atoms with Gasteiger partial charge in [-0.05, 0) is 85.3 Å². The van der Waals surface area contributed by atoms with E-state index in [-0.39, 0.29) is 17.8 Å². The molecule has 5 rings (SSSR count). The van der Waals surface area contributed by atoms with Crippen LogP contribution in [-0.4, -0.2) is 41.3 Å². The van der Waals surface area contributed by atoms with E-state index in [0.717, 1.165) is 67.8 Å². The minimum absolute atomic E-state index is 0.242. The third-order valence-corrected chi connectivity index (χ3v) is 7.49. The summed E-state index contributed by atoms with van der Waals surface area (Å²) in [4.78, 5) is 6.75. The third kappa shape index (κ3) is 6.36. The zero-order valence-electron chi connectivity index (χ0n) is 20.7. The Kier molecular flexibility index (Phi) is 7.55. The van der Waals surface area contributed by atoms with Crippen LogP contribution in [0.25, 0.3) is 11.1 Å². The molecule has 2 aliphatic rings. The molecule has 0 unspecified atom stereocenters. The van der Waals surface area contributed by atoms with Crippen molar-refractivity contribution in [2.45, 2.75) is 62.8 Å². The van der Waals surface area contributed by atoms with Crippen LogP contribution in [0.3, 0.4) is 0 Å². The van der Waals surface area contributed by atoms with Crippen molar-refractivity contribution in [3.63, 3.8) is 0 Å². The summed E-state index contributed by atoms with van der Waals surface area (Å²) in [5, 5.41) is 17.1. The van der Waals surface area contributed by atoms with Gasteiger partial charge in [-0.2, -0.15) is 13.2 Å². The number of piperidine rings is 1. The fraction of sp³-hybridized carbons (Fsp3) is 0.414. The number of pyridine rings is 1. The topological polar surface area (TPSA) is 60.4 Å². The number of aromatic hydroxyl groups is 1. The van der Waals surface area contributed by atoms with Crippen molar-refractivity contribution in [1.29, 1.82) is 0 Å². The highest BCUT2D eigenvalue weighted by molar-refractivity contribution is 5.67. The maximum absolute atomic E-state index is 13.0. The van der Waals surface area contributed by atoms with E-state index in [4.69, 9.17) is 0 Å². The van der Waals surface area contributed by atoms with Gasteiger partial charge in [-0.15, -0.1) is 0 Å². The number of halogens is 3. The van der Waals surface area contributed by atoms with E-state index in [2.05, 4.69) is 20.5 Å². The van der Waals surface area contributed by atoms with E-state index in [1.54, 1.807) is 30.5 Å². The predicted molar refractivity (Wildman–Crippen MR) is 141 cm³/mol. The van der Waals surface area contributed by atoms with E-state index in [1.165, 1.54) is 18.6 Å². The lowest BCUT2D eigenvalue weighted by Crippen LogP contribution is -2.55. The van der Waals surface area contributed by atoms with Crippen LogP contribution in [0.5, 0.6) is 5.75 Å². The summed E-state index contributed by atoms with van der Waals surface area (Å²) in [5.41, 5.74) is 2.29. The van der Waals surface area contributed by atoms with E-state index in [9.17, 15) is 18.3 Å². The van der Waals surface area contributed by atoms with E-state index >= 15 is 0 Å². The SMILES string of the molecule is Oc1ccc(-c2ccnc(N[C@@H]3CCCC[C@H]3N[C@H]3CCCN(c4ccc(C(F)(F)F)cc4)C3)c2)cc1. The first kappa shape index (κ1) is 25.4. The smallest absolute Gasteiger partial charge is 0.416 e. The maximum Gasteiger partial charge on any atom is 0.416 e. The Hall–Kier alpha value is -3.26. The number of rotatable bonds is 6. The van der Waals surface area contributed by atoms with E-state index in [1.807, 2.05) is 24.3 Å². The Morgan fingerprint density at radius 3 is 2.30 bits per heavy atom. The quantitative estimate of drug-likeness (QED) is 0.356. The van der Waals surface area contributed by atoms with Gasteiger partial charge in [0, 0.05) is 43.1 Å². The lowest BCUT2D eigenvalue weighted by Gasteiger charge is -2.40. The van der Waals surface area contributed by atoms with Crippen LogP contribution in [0.1, 0.15) is 44.1 Å². The molecule has 1 aliphatic heterocycles. The Labute approximate surface area is 215 Å². The van der Waals surface area contributed by atoms with Crippen molar-refractivity contribution in [1.82, 2.24) is 10.3 Å². The Morgan fingerprint density at radius 2 is 1.57 bits per heavy atom. The summed E-state index contributed by atoms with van der Waals surface area (Å²) in [7, 11) is 0. The molecule has 0 radical (unpaired) electrons. The van der Waals surface area contributed by atoms with Gasteiger partial charge in [-0.3, -0.25) is 0 Å². The van der Waals surface area contributed by atoms with Crippen molar-refractivity contribution in [2.75, 3.05) is 23.3 Å². The van der Waals surface area contributed by atoms with Crippen LogP contribution in [0.4, 0.5) is 24.7 Å². The van der Waals surface area contributed by atoms with Crippen LogP contribution < -0.4 is 15.5 Å². The van der Waals surface area contributed by atoms with Gasteiger partial charge in [0.15, 0.2) is 0 Å². The molecule has 1 aliphatic carbocycles. The standard InChI is InChI=1S/C29H33F3N4O/c30-29(31,32)22-9-11-24(12-10-22)36-17-3-4-23(19-36)34-26-5-1-2-6-27(26)35-28-18-21(15-16-33-28)20-7-13-25(37)14-8-20/h7-16,18,23,26-27,34,37H,1-6,17,19H2,(H,33,35)/t23-,26+,27+/m0/s1.